The predicted octanol–water partition coefficient (Wildman–Crippen LogP) is 3.82. The summed E-state index contributed by atoms with van der Waals surface area (Å²) in [6.07, 6.45) is 13.5. The molecule has 0 aromatic rings. The molecule has 86 valence electrons. The molecule has 1 N–H and O–H groups in total. The van der Waals surface area contributed by atoms with E-state index in [9.17, 15) is 5.11 Å². The van der Waals surface area contributed by atoms with E-state index in [1.165, 1.54) is 64.2 Å². The van der Waals surface area contributed by atoms with Crippen molar-refractivity contribution in [3.8, 4) is 0 Å². The van der Waals surface area contributed by atoms with Crippen LogP contribution in [0.2, 0.25) is 0 Å². The number of allylic oxidation sites excluding steroid dienone is 1. The van der Waals surface area contributed by atoms with Crippen molar-refractivity contribution in [2.24, 2.45) is 5.92 Å². The Balaban J connectivity index is 1.98. The van der Waals surface area contributed by atoms with Gasteiger partial charge in [0.2, 0.25) is 0 Å². The van der Waals surface area contributed by atoms with Crippen molar-refractivity contribution in [2.45, 2.75) is 64.2 Å². The average molecular weight is 208 g/mol. The van der Waals surface area contributed by atoms with Gasteiger partial charge in [0, 0.05) is 12.5 Å². The fourth-order valence-corrected chi connectivity index (χ4v) is 3.04. The molecule has 2 aliphatic carbocycles. The molecule has 2 rings (SSSR count). The summed E-state index contributed by atoms with van der Waals surface area (Å²) in [6.45, 7) is 0.388. The van der Waals surface area contributed by atoms with Crippen LogP contribution in [-0.2, 0) is 0 Å². The normalized spacial score (nSPS) is 29.0. The third-order valence-corrected chi connectivity index (χ3v) is 4.14. The summed E-state index contributed by atoms with van der Waals surface area (Å²) >= 11 is 0. The SMILES string of the molecule is OCC1CCCCCCCCC2=C1CC2. The summed E-state index contributed by atoms with van der Waals surface area (Å²) in [5, 5.41) is 9.43. The Morgan fingerprint density at radius 3 is 2.27 bits per heavy atom. The van der Waals surface area contributed by atoms with Gasteiger partial charge in [0.1, 0.15) is 0 Å². The molecule has 0 fully saturated rings. The summed E-state index contributed by atoms with van der Waals surface area (Å²) in [5.74, 6) is 0.520. The fourth-order valence-electron chi connectivity index (χ4n) is 3.04. The molecule has 0 amide bonds. The third-order valence-electron chi connectivity index (χ3n) is 4.14. The number of rotatable bonds is 1. The van der Waals surface area contributed by atoms with Gasteiger partial charge in [-0.3, -0.25) is 0 Å². The van der Waals surface area contributed by atoms with E-state index in [0.29, 0.717) is 12.5 Å². The molecule has 1 nitrogen and oxygen atoms in total. The minimum Gasteiger partial charge on any atom is -0.396 e. The molecule has 0 aliphatic heterocycles. The van der Waals surface area contributed by atoms with Crippen molar-refractivity contribution >= 4 is 0 Å². The first kappa shape index (κ1) is 11.2. The molecular weight excluding hydrogens is 184 g/mol. The minimum absolute atomic E-state index is 0.388. The summed E-state index contributed by atoms with van der Waals surface area (Å²) in [4.78, 5) is 0. The van der Waals surface area contributed by atoms with Crippen LogP contribution in [0.15, 0.2) is 11.1 Å². The van der Waals surface area contributed by atoms with E-state index in [0.717, 1.165) is 0 Å². The second kappa shape index (κ2) is 5.69. The summed E-state index contributed by atoms with van der Waals surface area (Å²) in [7, 11) is 0. The average Bonchev–Trinajstić information content (AvgIpc) is 2.24. The largest absolute Gasteiger partial charge is 0.396 e. The summed E-state index contributed by atoms with van der Waals surface area (Å²) in [6, 6.07) is 0. The van der Waals surface area contributed by atoms with Crippen molar-refractivity contribution in [2.75, 3.05) is 6.61 Å². The monoisotopic (exact) mass is 208 g/mol. The maximum Gasteiger partial charge on any atom is 0.0496 e. The second-order valence-electron chi connectivity index (χ2n) is 5.17. The van der Waals surface area contributed by atoms with Gasteiger partial charge in [-0.15, -0.1) is 0 Å². The van der Waals surface area contributed by atoms with E-state index in [1.54, 1.807) is 11.1 Å². The van der Waals surface area contributed by atoms with Crippen molar-refractivity contribution < 1.29 is 5.11 Å². The van der Waals surface area contributed by atoms with E-state index in [2.05, 4.69) is 0 Å². The van der Waals surface area contributed by atoms with Crippen molar-refractivity contribution in [1.82, 2.24) is 0 Å². The Bertz CT molecular complexity index is 229. The summed E-state index contributed by atoms with van der Waals surface area (Å²) < 4.78 is 0. The van der Waals surface area contributed by atoms with Gasteiger partial charge in [0.25, 0.3) is 0 Å². The van der Waals surface area contributed by atoms with Gasteiger partial charge in [0.15, 0.2) is 0 Å². The van der Waals surface area contributed by atoms with Crippen molar-refractivity contribution in [3.63, 3.8) is 0 Å². The van der Waals surface area contributed by atoms with Gasteiger partial charge >= 0.3 is 0 Å². The summed E-state index contributed by atoms with van der Waals surface area (Å²) in [5.41, 5.74) is 3.34. The molecule has 1 unspecified atom stereocenters. The maximum atomic E-state index is 9.43. The van der Waals surface area contributed by atoms with Gasteiger partial charge in [-0.25, -0.2) is 0 Å². The van der Waals surface area contributed by atoms with Crippen LogP contribution >= 0.6 is 0 Å². The molecule has 0 bridgehead atoms. The van der Waals surface area contributed by atoms with E-state index in [4.69, 9.17) is 0 Å². The van der Waals surface area contributed by atoms with Gasteiger partial charge in [-0.1, -0.05) is 43.3 Å². The molecule has 0 heterocycles. The van der Waals surface area contributed by atoms with Gasteiger partial charge in [0.05, 0.1) is 0 Å². The zero-order valence-corrected chi connectivity index (χ0v) is 9.80. The van der Waals surface area contributed by atoms with Crippen LogP contribution in [0.1, 0.15) is 64.2 Å². The Morgan fingerprint density at radius 1 is 0.867 bits per heavy atom. The predicted molar refractivity (Wildman–Crippen MR) is 63.8 cm³/mol. The molecule has 0 saturated heterocycles. The highest BCUT2D eigenvalue weighted by atomic mass is 16.3. The number of hydrogen-bond donors (Lipinski definition) is 1. The van der Waals surface area contributed by atoms with E-state index in [1.807, 2.05) is 0 Å². The molecule has 0 radical (unpaired) electrons. The van der Waals surface area contributed by atoms with Gasteiger partial charge in [-0.05, 0) is 32.1 Å². The minimum atomic E-state index is 0.388. The van der Waals surface area contributed by atoms with Crippen molar-refractivity contribution in [1.29, 1.82) is 0 Å². The van der Waals surface area contributed by atoms with Crippen LogP contribution in [0.5, 0.6) is 0 Å². The first-order valence-corrected chi connectivity index (χ1v) is 6.73. The Kier molecular flexibility index (Phi) is 4.25. The molecule has 0 aromatic heterocycles. The first-order chi connectivity index (χ1) is 7.42. The molecular formula is C14H24O. The quantitative estimate of drug-likeness (QED) is 0.649. The molecule has 15 heavy (non-hydrogen) atoms. The van der Waals surface area contributed by atoms with E-state index in [-0.39, 0.29) is 0 Å². The Labute approximate surface area is 93.6 Å². The van der Waals surface area contributed by atoms with Crippen LogP contribution in [0, 0.1) is 5.92 Å². The highest BCUT2D eigenvalue weighted by Gasteiger charge is 2.24. The van der Waals surface area contributed by atoms with Crippen LogP contribution in [0.4, 0.5) is 0 Å². The molecule has 2 aliphatic rings. The Morgan fingerprint density at radius 2 is 1.60 bits per heavy atom. The van der Waals surface area contributed by atoms with Crippen molar-refractivity contribution in [3.05, 3.63) is 11.1 Å². The fraction of sp³-hybridized carbons (Fsp3) is 0.857. The molecule has 0 saturated carbocycles. The first-order valence-electron chi connectivity index (χ1n) is 6.73. The number of aliphatic hydroxyl groups is 1. The highest BCUT2D eigenvalue weighted by Crippen LogP contribution is 2.39. The Hall–Kier alpha value is -0.300. The topological polar surface area (TPSA) is 20.2 Å². The number of hydrogen-bond acceptors (Lipinski definition) is 1. The van der Waals surface area contributed by atoms with E-state index >= 15 is 0 Å². The highest BCUT2D eigenvalue weighted by molar-refractivity contribution is 5.27. The third kappa shape index (κ3) is 2.84. The number of aliphatic hydroxyl groups excluding tert-OH is 1. The lowest BCUT2D eigenvalue weighted by molar-refractivity contribution is 0.229. The molecule has 0 spiro atoms. The van der Waals surface area contributed by atoms with Gasteiger partial charge < -0.3 is 5.11 Å². The smallest absolute Gasteiger partial charge is 0.0496 e. The molecule has 1 heteroatoms. The second-order valence-corrected chi connectivity index (χ2v) is 5.17. The lowest BCUT2D eigenvalue weighted by Gasteiger charge is -2.30. The zero-order chi connectivity index (χ0) is 10.5. The lowest BCUT2D eigenvalue weighted by Crippen LogP contribution is -2.17. The van der Waals surface area contributed by atoms with Crippen LogP contribution < -0.4 is 0 Å². The van der Waals surface area contributed by atoms with E-state index < -0.39 is 0 Å². The zero-order valence-electron chi connectivity index (χ0n) is 9.80. The molecule has 0 aromatic carbocycles. The maximum absolute atomic E-state index is 9.43. The van der Waals surface area contributed by atoms with Crippen LogP contribution in [-0.4, -0.2) is 11.7 Å². The van der Waals surface area contributed by atoms with Gasteiger partial charge in [-0.2, -0.15) is 0 Å². The molecule has 1 atom stereocenters. The lowest BCUT2D eigenvalue weighted by atomic mass is 9.77. The standard InChI is InChI=1S/C14H24O/c15-11-13-8-6-4-2-1-3-5-7-12-9-10-14(12)13/h13,15H,1-11H2. The van der Waals surface area contributed by atoms with Crippen LogP contribution in [0.3, 0.4) is 0 Å². The van der Waals surface area contributed by atoms with Crippen LogP contribution in [0.25, 0.3) is 0 Å².